The lowest BCUT2D eigenvalue weighted by Crippen LogP contribution is -2.40. The number of carbonyl (C=O) groups excluding carboxylic acids is 1. The van der Waals surface area contributed by atoms with Crippen LogP contribution in [0.5, 0.6) is 11.5 Å². The van der Waals surface area contributed by atoms with Crippen LogP contribution in [0.15, 0.2) is 80.1 Å². The number of aromatic nitrogens is 1. The fourth-order valence-electron chi connectivity index (χ4n) is 4.71. The molecular weight excluding hydrogens is 568 g/mol. The molecule has 0 amide bonds. The maximum absolute atomic E-state index is 14.0. The van der Waals surface area contributed by atoms with E-state index >= 15 is 0 Å². The molecule has 0 saturated heterocycles. The van der Waals surface area contributed by atoms with Gasteiger partial charge in [0.25, 0.3) is 5.56 Å². The van der Waals surface area contributed by atoms with Crippen LogP contribution in [0.3, 0.4) is 0 Å². The predicted octanol–water partition coefficient (Wildman–Crippen LogP) is 4.73. The SMILES string of the molecule is CCOC(=O)C1=C(C)N=c2s/c(=C\c3cc(Br)c(OC)cc3OC)c(=O)n2[C@@H]1c1cccc2ccccc12. The van der Waals surface area contributed by atoms with Crippen LogP contribution >= 0.6 is 27.3 Å². The average molecular weight is 593 g/mol. The van der Waals surface area contributed by atoms with E-state index in [0.717, 1.165) is 20.8 Å². The molecule has 1 aliphatic rings. The number of benzene rings is 3. The number of thiazole rings is 1. The number of allylic oxidation sites excluding steroid dienone is 1. The summed E-state index contributed by atoms with van der Waals surface area (Å²) in [7, 11) is 3.14. The van der Waals surface area contributed by atoms with Gasteiger partial charge in [-0.1, -0.05) is 53.8 Å². The van der Waals surface area contributed by atoms with Crippen LogP contribution in [0.4, 0.5) is 0 Å². The molecule has 5 rings (SSSR count). The van der Waals surface area contributed by atoms with Gasteiger partial charge in [0.05, 0.1) is 47.1 Å². The van der Waals surface area contributed by atoms with Crippen molar-refractivity contribution in [3.8, 4) is 11.5 Å². The number of methoxy groups -OCH3 is 2. The van der Waals surface area contributed by atoms with E-state index in [1.165, 1.54) is 11.3 Å². The second kappa shape index (κ2) is 10.6. The first-order chi connectivity index (χ1) is 18.4. The van der Waals surface area contributed by atoms with Gasteiger partial charge in [0.1, 0.15) is 11.5 Å². The smallest absolute Gasteiger partial charge is 0.338 e. The monoisotopic (exact) mass is 592 g/mol. The van der Waals surface area contributed by atoms with Gasteiger partial charge < -0.3 is 14.2 Å². The molecule has 194 valence electrons. The molecule has 1 aliphatic heterocycles. The van der Waals surface area contributed by atoms with Crippen LogP contribution in [0.1, 0.15) is 31.0 Å². The molecule has 38 heavy (non-hydrogen) atoms. The Bertz CT molecular complexity index is 1780. The number of hydrogen-bond acceptors (Lipinski definition) is 7. The third-order valence-corrected chi connectivity index (χ3v) is 8.03. The van der Waals surface area contributed by atoms with Gasteiger partial charge in [-0.2, -0.15) is 0 Å². The van der Waals surface area contributed by atoms with E-state index in [-0.39, 0.29) is 12.2 Å². The molecule has 1 aromatic heterocycles. The summed E-state index contributed by atoms with van der Waals surface area (Å²) in [5, 5.41) is 1.96. The zero-order valence-electron chi connectivity index (χ0n) is 21.3. The van der Waals surface area contributed by atoms with Gasteiger partial charge >= 0.3 is 5.97 Å². The molecule has 0 fully saturated rings. The third-order valence-electron chi connectivity index (χ3n) is 6.43. The van der Waals surface area contributed by atoms with Crippen molar-refractivity contribution in [2.45, 2.75) is 19.9 Å². The van der Waals surface area contributed by atoms with Crippen molar-refractivity contribution in [2.75, 3.05) is 20.8 Å². The number of nitrogens with zero attached hydrogens (tertiary/aromatic N) is 2. The highest BCUT2D eigenvalue weighted by molar-refractivity contribution is 9.10. The van der Waals surface area contributed by atoms with E-state index in [9.17, 15) is 9.59 Å². The minimum absolute atomic E-state index is 0.217. The van der Waals surface area contributed by atoms with Crippen molar-refractivity contribution < 1.29 is 19.0 Å². The van der Waals surface area contributed by atoms with Gasteiger partial charge in [-0.15, -0.1) is 0 Å². The van der Waals surface area contributed by atoms with Crippen molar-refractivity contribution in [3.05, 3.63) is 101 Å². The second-order valence-electron chi connectivity index (χ2n) is 8.60. The Morgan fingerprint density at radius 1 is 1.11 bits per heavy atom. The minimum Gasteiger partial charge on any atom is -0.496 e. The van der Waals surface area contributed by atoms with Gasteiger partial charge in [-0.3, -0.25) is 9.36 Å². The first-order valence-corrected chi connectivity index (χ1v) is 13.6. The van der Waals surface area contributed by atoms with Crippen molar-refractivity contribution in [3.63, 3.8) is 0 Å². The highest BCUT2D eigenvalue weighted by Gasteiger charge is 2.34. The van der Waals surface area contributed by atoms with E-state index in [1.807, 2.05) is 48.5 Å². The number of esters is 1. The van der Waals surface area contributed by atoms with Crippen molar-refractivity contribution in [2.24, 2.45) is 4.99 Å². The summed E-state index contributed by atoms with van der Waals surface area (Å²) in [4.78, 5) is 32.4. The number of halogens is 1. The highest BCUT2D eigenvalue weighted by Crippen LogP contribution is 2.35. The van der Waals surface area contributed by atoms with Crippen LogP contribution < -0.4 is 24.4 Å². The van der Waals surface area contributed by atoms with E-state index in [0.29, 0.717) is 37.7 Å². The van der Waals surface area contributed by atoms with Crippen LogP contribution in [0.2, 0.25) is 0 Å². The molecule has 4 aromatic rings. The first kappa shape index (κ1) is 25.9. The lowest BCUT2D eigenvalue weighted by Gasteiger charge is -2.25. The molecule has 9 heteroatoms. The molecule has 0 aliphatic carbocycles. The molecular formula is C29H25BrN2O5S. The Morgan fingerprint density at radius 2 is 1.84 bits per heavy atom. The van der Waals surface area contributed by atoms with Crippen LogP contribution in [0.25, 0.3) is 16.8 Å². The molecule has 0 saturated carbocycles. The lowest BCUT2D eigenvalue weighted by atomic mass is 9.91. The average Bonchev–Trinajstić information content (AvgIpc) is 3.22. The van der Waals surface area contributed by atoms with Crippen molar-refractivity contribution >= 4 is 50.1 Å². The summed E-state index contributed by atoms with van der Waals surface area (Å²) < 4.78 is 19.2. The minimum atomic E-state index is -0.692. The third kappa shape index (κ3) is 4.46. The Kier molecular flexibility index (Phi) is 7.23. The molecule has 0 unspecified atom stereocenters. The Balaban J connectivity index is 1.79. The topological polar surface area (TPSA) is 79.1 Å². The Morgan fingerprint density at radius 3 is 2.58 bits per heavy atom. The lowest BCUT2D eigenvalue weighted by molar-refractivity contribution is -0.139. The fourth-order valence-corrected chi connectivity index (χ4v) is 6.27. The van der Waals surface area contributed by atoms with Gasteiger partial charge in [0.15, 0.2) is 4.80 Å². The fraction of sp³-hybridized carbons (Fsp3) is 0.207. The van der Waals surface area contributed by atoms with Crippen LogP contribution in [0, 0.1) is 0 Å². The molecule has 0 bridgehead atoms. The van der Waals surface area contributed by atoms with E-state index in [2.05, 4.69) is 20.9 Å². The number of rotatable bonds is 6. The molecule has 0 N–H and O–H groups in total. The zero-order valence-corrected chi connectivity index (χ0v) is 23.7. The maximum Gasteiger partial charge on any atom is 0.338 e. The normalized spacial score (nSPS) is 15.3. The van der Waals surface area contributed by atoms with E-state index in [4.69, 9.17) is 14.2 Å². The largest absolute Gasteiger partial charge is 0.496 e. The van der Waals surface area contributed by atoms with Gasteiger partial charge in [-0.25, -0.2) is 9.79 Å². The van der Waals surface area contributed by atoms with Crippen LogP contribution in [-0.4, -0.2) is 31.4 Å². The van der Waals surface area contributed by atoms with Crippen molar-refractivity contribution in [1.82, 2.24) is 4.57 Å². The van der Waals surface area contributed by atoms with Gasteiger partial charge in [0, 0.05) is 11.6 Å². The molecule has 1 atom stereocenters. The highest BCUT2D eigenvalue weighted by atomic mass is 79.9. The number of carbonyl (C=O) groups is 1. The zero-order chi connectivity index (χ0) is 27.0. The molecule has 0 radical (unpaired) electrons. The van der Waals surface area contributed by atoms with Crippen LogP contribution in [-0.2, 0) is 9.53 Å². The molecule has 2 heterocycles. The number of hydrogen-bond donors (Lipinski definition) is 0. The summed E-state index contributed by atoms with van der Waals surface area (Å²) >= 11 is 4.78. The molecule has 3 aromatic carbocycles. The summed E-state index contributed by atoms with van der Waals surface area (Å²) in [5.74, 6) is 0.692. The summed E-state index contributed by atoms with van der Waals surface area (Å²) in [5.41, 5.74) is 2.16. The number of ether oxygens (including phenoxy) is 3. The van der Waals surface area contributed by atoms with E-state index in [1.54, 1.807) is 44.8 Å². The summed E-state index contributed by atoms with van der Waals surface area (Å²) in [6.45, 7) is 3.76. The van der Waals surface area contributed by atoms with Crippen molar-refractivity contribution in [1.29, 1.82) is 0 Å². The first-order valence-electron chi connectivity index (χ1n) is 12.0. The standard InChI is InChI=1S/C29H25BrN2O5S/c1-5-37-28(34)25-16(2)31-29-32(26(25)20-12-8-10-17-9-6-7-11-19(17)20)27(33)24(38-29)14-18-13-21(30)23(36-4)15-22(18)35-3/h6-15,26H,5H2,1-4H3/b24-14-/t26-/m1/s1. The summed E-state index contributed by atoms with van der Waals surface area (Å²) in [6, 6.07) is 16.7. The quantitative estimate of drug-likeness (QED) is 0.302. The number of fused-ring (bicyclic) bond motifs is 2. The summed E-state index contributed by atoms with van der Waals surface area (Å²) in [6.07, 6.45) is 1.77. The molecule has 0 spiro atoms. The Labute approximate surface area is 231 Å². The van der Waals surface area contributed by atoms with Gasteiger partial charge in [0.2, 0.25) is 0 Å². The second-order valence-corrected chi connectivity index (χ2v) is 10.5. The predicted molar refractivity (Wildman–Crippen MR) is 152 cm³/mol. The van der Waals surface area contributed by atoms with E-state index < -0.39 is 12.0 Å². The Hall–Kier alpha value is -3.69. The van der Waals surface area contributed by atoms with Gasteiger partial charge in [-0.05, 0) is 58.3 Å². The molecule has 7 nitrogen and oxygen atoms in total. The maximum atomic E-state index is 14.0.